The van der Waals surface area contributed by atoms with Crippen LogP contribution in [-0.4, -0.2) is 55.5 Å². The van der Waals surface area contributed by atoms with Gasteiger partial charge in [-0.2, -0.15) is 0 Å². The maximum atomic E-state index is 13.0. The number of nitrogens with zero attached hydrogens (tertiary/aromatic N) is 1. The summed E-state index contributed by atoms with van der Waals surface area (Å²) in [6, 6.07) is 11.5. The van der Waals surface area contributed by atoms with E-state index in [-0.39, 0.29) is 11.3 Å². The highest BCUT2D eigenvalue weighted by molar-refractivity contribution is 9.10. The van der Waals surface area contributed by atoms with Crippen LogP contribution in [0.3, 0.4) is 0 Å². The molecule has 0 aromatic heterocycles. The largest absolute Gasteiger partial charge is 0.507 e. The van der Waals surface area contributed by atoms with Gasteiger partial charge in [-0.05, 0) is 42.8 Å². The van der Waals surface area contributed by atoms with E-state index >= 15 is 0 Å². The van der Waals surface area contributed by atoms with Crippen LogP contribution in [-0.2, 0) is 9.59 Å². The van der Waals surface area contributed by atoms with Gasteiger partial charge in [-0.3, -0.25) is 9.59 Å². The molecular weight excluding hydrogens is 484 g/mol. The molecule has 8 heteroatoms. The highest BCUT2D eigenvalue weighted by Gasteiger charge is 2.46. The van der Waals surface area contributed by atoms with E-state index < -0.39 is 17.7 Å². The van der Waals surface area contributed by atoms with Gasteiger partial charge >= 0.3 is 0 Å². The van der Waals surface area contributed by atoms with E-state index in [2.05, 4.69) is 15.9 Å². The fraction of sp³-hybridized carbons (Fsp3) is 0.304. The van der Waals surface area contributed by atoms with Gasteiger partial charge in [0.25, 0.3) is 11.7 Å². The Morgan fingerprint density at radius 1 is 1.19 bits per heavy atom. The minimum atomic E-state index is -0.704. The van der Waals surface area contributed by atoms with Gasteiger partial charge in [0.15, 0.2) is 0 Å². The number of hydrogen-bond donors (Lipinski definition) is 2. The van der Waals surface area contributed by atoms with Crippen molar-refractivity contribution < 1.29 is 24.3 Å². The topological polar surface area (TPSA) is 71.3 Å². The molecule has 164 valence electrons. The molecule has 31 heavy (non-hydrogen) atoms. The minimum Gasteiger partial charge on any atom is -0.507 e. The number of rotatable bonds is 7. The number of hydrogen-bond acceptors (Lipinski definition) is 4. The molecule has 1 amide bonds. The van der Waals surface area contributed by atoms with Crippen molar-refractivity contribution in [3.05, 3.63) is 68.7 Å². The lowest BCUT2D eigenvalue weighted by Gasteiger charge is -2.25. The minimum absolute atomic E-state index is 0.0568. The fourth-order valence-electron chi connectivity index (χ4n) is 3.52. The second-order valence-corrected chi connectivity index (χ2v) is 8.90. The van der Waals surface area contributed by atoms with E-state index in [1.165, 1.54) is 11.0 Å². The van der Waals surface area contributed by atoms with Crippen molar-refractivity contribution in [2.24, 2.45) is 0 Å². The van der Waals surface area contributed by atoms with Crippen LogP contribution in [0.4, 0.5) is 0 Å². The lowest BCUT2D eigenvalue weighted by Crippen LogP contribution is -3.06. The Labute approximate surface area is 195 Å². The number of quaternary nitrogens is 1. The zero-order valence-corrected chi connectivity index (χ0v) is 20.0. The van der Waals surface area contributed by atoms with Gasteiger partial charge in [-0.1, -0.05) is 39.7 Å². The molecule has 1 saturated heterocycles. The number of likely N-dealkylation sites (tertiary alicyclic amines) is 1. The lowest BCUT2D eigenvalue weighted by atomic mass is 9.95. The number of nitrogens with one attached hydrogen (secondary N) is 1. The van der Waals surface area contributed by atoms with Crippen LogP contribution in [0.15, 0.2) is 52.5 Å². The molecule has 1 heterocycles. The number of carbonyl (C=O) groups excluding carboxylic acids is 2. The predicted molar refractivity (Wildman–Crippen MR) is 123 cm³/mol. The zero-order valence-electron chi connectivity index (χ0n) is 17.6. The van der Waals surface area contributed by atoms with Gasteiger partial charge in [0.05, 0.1) is 50.4 Å². The van der Waals surface area contributed by atoms with Crippen molar-refractivity contribution >= 4 is 45.0 Å². The summed E-state index contributed by atoms with van der Waals surface area (Å²) < 4.78 is 6.32. The van der Waals surface area contributed by atoms with Gasteiger partial charge in [0.1, 0.15) is 11.5 Å². The Morgan fingerprint density at radius 3 is 2.45 bits per heavy atom. The van der Waals surface area contributed by atoms with Gasteiger partial charge in [0, 0.05) is 10.0 Å². The predicted octanol–water partition coefficient (Wildman–Crippen LogP) is 3.07. The second-order valence-electron chi connectivity index (χ2n) is 7.58. The Bertz CT molecular complexity index is 1020. The summed E-state index contributed by atoms with van der Waals surface area (Å²) in [6.07, 6.45) is 0. The summed E-state index contributed by atoms with van der Waals surface area (Å²) in [4.78, 5) is 28.6. The third-order valence-corrected chi connectivity index (χ3v) is 5.91. The molecule has 0 bridgehead atoms. The quantitative estimate of drug-likeness (QED) is 0.343. The van der Waals surface area contributed by atoms with Gasteiger partial charge < -0.3 is 19.6 Å². The van der Waals surface area contributed by atoms with E-state index in [4.69, 9.17) is 16.3 Å². The molecule has 1 aliphatic heterocycles. The molecule has 0 saturated carbocycles. The van der Waals surface area contributed by atoms with Crippen molar-refractivity contribution in [2.75, 3.05) is 33.8 Å². The summed E-state index contributed by atoms with van der Waals surface area (Å²) >= 11 is 9.69. The van der Waals surface area contributed by atoms with Crippen molar-refractivity contribution in [1.82, 2.24) is 4.90 Å². The van der Waals surface area contributed by atoms with Crippen LogP contribution in [0.1, 0.15) is 24.1 Å². The monoisotopic (exact) mass is 507 g/mol. The molecule has 0 radical (unpaired) electrons. The molecule has 6 nitrogen and oxygen atoms in total. The Hall–Kier alpha value is -2.35. The third-order valence-electron chi connectivity index (χ3n) is 5.08. The van der Waals surface area contributed by atoms with Crippen LogP contribution in [0, 0.1) is 0 Å². The number of amides is 1. The summed E-state index contributed by atoms with van der Waals surface area (Å²) in [7, 11) is 3.96. The molecule has 1 atom stereocenters. The number of aliphatic hydroxyl groups excluding tert-OH is 1. The number of halogens is 2. The third kappa shape index (κ3) is 4.95. The first-order valence-corrected chi connectivity index (χ1v) is 11.2. The smallest absolute Gasteiger partial charge is 0.295 e. The summed E-state index contributed by atoms with van der Waals surface area (Å²) in [5.41, 5.74) is 1.16. The van der Waals surface area contributed by atoms with Crippen molar-refractivity contribution in [1.29, 1.82) is 0 Å². The molecule has 1 aliphatic rings. The Balaban J connectivity index is 2.12. The van der Waals surface area contributed by atoms with Crippen molar-refractivity contribution in [3.8, 4) is 5.75 Å². The molecule has 3 rings (SSSR count). The first kappa shape index (κ1) is 23.3. The maximum Gasteiger partial charge on any atom is 0.295 e. The van der Waals surface area contributed by atoms with E-state index in [1.807, 2.05) is 45.3 Å². The van der Waals surface area contributed by atoms with Crippen LogP contribution < -0.4 is 9.64 Å². The van der Waals surface area contributed by atoms with Crippen LogP contribution >= 0.6 is 27.5 Å². The van der Waals surface area contributed by atoms with Crippen LogP contribution in [0.25, 0.3) is 5.76 Å². The van der Waals surface area contributed by atoms with Gasteiger partial charge in [0.2, 0.25) is 0 Å². The summed E-state index contributed by atoms with van der Waals surface area (Å²) in [5, 5.41) is 11.4. The van der Waals surface area contributed by atoms with Crippen LogP contribution in [0.5, 0.6) is 5.75 Å². The molecule has 2 aromatic rings. The summed E-state index contributed by atoms with van der Waals surface area (Å²) in [5.74, 6) is -1.09. The van der Waals surface area contributed by atoms with Gasteiger partial charge in [-0.15, -0.1) is 0 Å². The Morgan fingerprint density at radius 2 is 1.87 bits per heavy atom. The molecule has 1 fully saturated rings. The number of ketones is 1. The molecule has 0 spiro atoms. The first-order chi connectivity index (χ1) is 14.7. The SMILES string of the molecule is CCOc1ccc(C(O)=C2C(=O)C(=O)N(CC[NH+](C)C)C2c2ccc(Br)cc2)cc1Cl. The first-order valence-electron chi connectivity index (χ1n) is 10.00. The maximum absolute atomic E-state index is 13.0. The normalized spacial score (nSPS) is 18.1. The molecule has 2 aromatic carbocycles. The standard InChI is InChI=1S/C23H24BrClN2O4/c1-4-31-18-10-7-15(13-17(18)25)21(28)19-20(14-5-8-16(24)9-6-14)27(12-11-26(2)3)23(30)22(19)29/h5-10,13,20,28H,4,11-12H2,1-3H3/p+1. The van der Waals surface area contributed by atoms with E-state index in [9.17, 15) is 14.7 Å². The fourth-order valence-corrected chi connectivity index (χ4v) is 4.02. The number of benzene rings is 2. The highest BCUT2D eigenvalue weighted by atomic mass is 79.9. The molecule has 2 N–H and O–H groups in total. The van der Waals surface area contributed by atoms with Crippen molar-refractivity contribution in [3.63, 3.8) is 0 Å². The zero-order chi connectivity index (χ0) is 22.7. The lowest BCUT2D eigenvalue weighted by molar-refractivity contribution is -0.857. The van der Waals surface area contributed by atoms with E-state index in [0.717, 1.165) is 14.9 Å². The van der Waals surface area contributed by atoms with Crippen molar-refractivity contribution in [2.45, 2.75) is 13.0 Å². The number of Topliss-reactive ketones (excluding diaryl/α,β-unsaturated/α-hetero) is 1. The molecule has 1 unspecified atom stereocenters. The number of aliphatic hydroxyl groups is 1. The molecular formula is C23H25BrClN2O4+. The number of carbonyl (C=O) groups is 2. The van der Waals surface area contributed by atoms with Gasteiger partial charge in [-0.25, -0.2) is 0 Å². The highest BCUT2D eigenvalue weighted by Crippen LogP contribution is 2.40. The van der Waals surface area contributed by atoms with Crippen LogP contribution in [0.2, 0.25) is 5.02 Å². The average Bonchev–Trinajstić information content (AvgIpc) is 2.98. The number of likely N-dealkylation sites (N-methyl/N-ethyl adjacent to an activating group) is 1. The Kier molecular flexibility index (Phi) is 7.41. The summed E-state index contributed by atoms with van der Waals surface area (Å²) in [6.45, 7) is 3.34. The number of ether oxygens (including phenoxy) is 1. The van der Waals surface area contributed by atoms with E-state index in [0.29, 0.717) is 36.0 Å². The second kappa shape index (κ2) is 9.85. The molecule has 0 aliphatic carbocycles. The van der Waals surface area contributed by atoms with E-state index in [1.54, 1.807) is 12.1 Å². The average molecular weight is 509 g/mol.